The molecule has 5 nitrogen and oxygen atoms in total. The van der Waals surface area contributed by atoms with Crippen molar-refractivity contribution in [2.24, 2.45) is 7.05 Å². The Balaban J connectivity index is 2.00. The molecule has 0 spiro atoms. The van der Waals surface area contributed by atoms with Crippen LogP contribution in [0.25, 0.3) is 21.9 Å². The Hall–Kier alpha value is -2.44. The number of anilines is 1. The molecule has 0 aliphatic carbocycles. The van der Waals surface area contributed by atoms with Crippen LogP contribution in [0.3, 0.4) is 0 Å². The number of fused-ring (bicyclic) bond motifs is 2. The van der Waals surface area contributed by atoms with Gasteiger partial charge in [-0.05, 0) is 48.4 Å². The van der Waals surface area contributed by atoms with Crippen molar-refractivity contribution in [3.8, 4) is 16.9 Å². The van der Waals surface area contributed by atoms with E-state index in [4.69, 9.17) is 4.74 Å². The first kappa shape index (κ1) is 18.9. The molecule has 6 heteroatoms. The number of benzene rings is 2. The minimum absolute atomic E-state index is 0.0236. The summed E-state index contributed by atoms with van der Waals surface area (Å²) < 4.78 is 22.7. The van der Waals surface area contributed by atoms with E-state index in [9.17, 15) is 9.35 Å². The van der Waals surface area contributed by atoms with Crippen LogP contribution in [0.4, 0.5) is 5.69 Å². The van der Waals surface area contributed by atoms with Crippen LogP contribution in [-0.2, 0) is 24.8 Å². The smallest absolute Gasteiger partial charge is 0.258 e. The van der Waals surface area contributed by atoms with E-state index >= 15 is 0 Å². The number of ether oxygens (including phenoxy) is 1. The maximum absolute atomic E-state index is 12.6. The first-order chi connectivity index (χ1) is 13.5. The molecule has 0 bridgehead atoms. The van der Waals surface area contributed by atoms with Crippen LogP contribution in [-0.4, -0.2) is 21.5 Å². The molecule has 0 fully saturated rings. The second-order valence-corrected chi connectivity index (χ2v) is 8.37. The van der Waals surface area contributed by atoms with E-state index in [-0.39, 0.29) is 11.7 Å². The Kier molecular flexibility index (Phi) is 5.08. The van der Waals surface area contributed by atoms with Crippen molar-refractivity contribution in [1.82, 2.24) is 4.57 Å². The van der Waals surface area contributed by atoms with Gasteiger partial charge in [-0.25, -0.2) is 4.72 Å². The third-order valence-corrected chi connectivity index (χ3v) is 5.81. The van der Waals surface area contributed by atoms with Crippen molar-refractivity contribution >= 4 is 27.8 Å². The summed E-state index contributed by atoms with van der Waals surface area (Å²) in [4.78, 5) is 12.6. The van der Waals surface area contributed by atoms with Crippen molar-refractivity contribution in [2.75, 3.05) is 11.0 Å². The molecule has 28 heavy (non-hydrogen) atoms. The van der Waals surface area contributed by atoms with Gasteiger partial charge in [-0.15, -0.1) is 0 Å². The molecule has 4 rings (SSSR count). The normalized spacial score (nSPS) is 17.1. The first-order valence-corrected chi connectivity index (χ1v) is 11.1. The lowest BCUT2D eigenvalue weighted by Gasteiger charge is -2.28. The summed E-state index contributed by atoms with van der Waals surface area (Å²) in [6, 6.07) is 11.6. The highest BCUT2D eigenvalue weighted by molar-refractivity contribution is 7.92. The Labute approximate surface area is 167 Å². The van der Waals surface area contributed by atoms with Gasteiger partial charge in [0.25, 0.3) is 5.56 Å². The van der Waals surface area contributed by atoms with E-state index in [1.54, 1.807) is 17.9 Å². The largest absolute Gasteiger partial charge is 0.593 e. The topological polar surface area (TPSA) is 66.3 Å². The van der Waals surface area contributed by atoms with Gasteiger partial charge in [0.15, 0.2) is 0 Å². The Morgan fingerprint density at radius 3 is 2.71 bits per heavy atom. The van der Waals surface area contributed by atoms with E-state index < -0.39 is 11.4 Å². The van der Waals surface area contributed by atoms with Gasteiger partial charge in [-0.3, -0.25) is 4.79 Å². The van der Waals surface area contributed by atoms with Crippen LogP contribution >= 0.6 is 0 Å². The average molecular weight is 397 g/mol. The monoisotopic (exact) mass is 396 g/mol. The average Bonchev–Trinajstić information content (AvgIpc) is 2.69. The molecule has 1 aliphatic rings. The molecule has 0 saturated heterocycles. The zero-order chi connectivity index (χ0) is 19.8. The quantitative estimate of drug-likeness (QED) is 0.677. The predicted octanol–water partition coefficient (Wildman–Crippen LogP) is 4.01. The summed E-state index contributed by atoms with van der Waals surface area (Å²) in [6.45, 7) is 2.13. The van der Waals surface area contributed by atoms with E-state index in [2.05, 4.69) is 11.6 Å². The minimum atomic E-state index is -1.17. The Morgan fingerprint density at radius 1 is 1.25 bits per heavy atom. The van der Waals surface area contributed by atoms with Gasteiger partial charge in [0.2, 0.25) is 0 Å². The van der Waals surface area contributed by atoms with Crippen LogP contribution in [0.1, 0.15) is 25.3 Å². The van der Waals surface area contributed by atoms with E-state index in [1.165, 1.54) is 0 Å². The zero-order valence-corrected chi connectivity index (χ0v) is 17.1. The van der Waals surface area contributed by atoms with E-state index in [0.29, 0.717) is 5.39 Å². The second-order valence-electron chi connectivity index (χ2n) is 7.26. The molecule has 2 atom stereocenters. The lowest BCUT2D eigenvalue weighted by molar-refractivity contribution is 0.170. The maximum atomic E-state index is 12.6. The molecule has 0 radical (unpaired) electrons. The minimum Gasteiger partial charge on any atom is -0.593 e. The number of hydrogen-bond donors (Lipinski definition) is 1. The van der Waals surface area contributed by atoms with E-state index in [1.807, 2.05) is 42.6 Å². The molecule has 2 heterocycles. The van der Waals surface area contributed by atoms with Gasteiger partial charge in [0.1, 0.15) is 12.0 Å². The fourth-order valence-corrected chi connectivity index (χ4v) is 4.35. The van der Waals surface area contributed by atoms with Gasteiger partial charge >= 0.3 is 0 Å². The second kappa shape index (κ2) is 7.53. The molecule has 2 aromatic carbocycles. The van der Waals surface area contributed by atoms with Gasteiger partial charge in [-0.1, -0.05) is 25.1 Å². The number of nitrogens with zero attached hydrogens (tertiary/aromatic N) is 1. The molecule has 3 aromatic rings. The number of rotatable bonds is 4. The molecular formula is C22H24N2O3S. The standard InChI is InChI=1S/C22H24N2O3S/c1-4-16-10-9-14-11-15(23-28(3)26)12-19(21(14)27-16)20-13-24(2)22(25)18-8-6-5-7-17(18)20/h5-8,11-13,16,23H,4,9-10H2,1-3H3. The van der Waals surface area contributed by atoms with Crippen molar-refractivity contribution in [1.29, 1.82) is 0 Å². The number of aryl methyl sites for hydroxylation is 2. The molecular weight excluding hydrogens is 372 g/mol. The predicted molar refractivity (Wildman–Crippen MR) is 115 cm³/mol. The maximum Gasteiger partial charge on any atom is 0.258 e. The molecule has 0 saturated carbocycles. The summed E-state index contributed by atoms with van der Waals surface area (Å²) >= 11 is -1.17. The van der Waals surface area contributed by atoms with Crippen molar-refractivity contribution in [2.45, 2.75) is 32.3 Å². The molecule has 0 amide bonds. The molecule has 2 unspecified atom stereocenters. The summed E-state index contributed by atoms with van der Waals surface area (Å²) in [5.41, 5.74) is 3.75. The van der Waals surface area contributed by atoms with Gasteiger partial charge in [-0.2, -0.15) is 0 Å². The SMILES string of the molecule is CCC1CCc2cc(N[S+](C)[O-])cc(-c3cn(C)c(=O)c4ccccc34)c2O1. The van der Waals surface area contributed by atoms with E-state index in [0.717, 1.165) is 52.8 Å². The van der Waals surface area contributed by atoms with Crippen LogP contribution in [0.2, 0.25) is 0 Å². The highest BCUT2D eigenvalue weighted by Gasteiger charge is 2.24. The summed E-state index contributed by atoms with van der Waals surface area (Å²) in [5.74, 6) is 0.870. The van der Waals surface area contributed by atoms with Crippen molar-refractivity contribution < 1.29 is 9.29 Å². The van der Waals surface area contributed by atoms with Gasteiger partial charge in [0, 0.05) is 29.8 Å². The number of pyridine rings is 1. The molecule has 1 aromatic heterocycles. The Bertz CT molecular complexity index is 1090. The Morgan fingerprint density at radius 2 is 2.00 bits per heavy atom. The summed E-state index contributed by atoms with van der Waals surface area (Å²) in [7, 11) is 1.77. The first-order valence-electron chi connectivity index (χ1n) is 9.50. The van der Waals surface area contributed by atoms with Crippen LogP contribution in [0.5, 0.6) is 5.75 Å². The van der Waals surface area contributed by atoms with Crippen LogP contribution in [0, 0.1) is 0 Å². The third kappa shape index (κ3) is 3.38. The fourth-order valence-electron chi connectivity index (χ4n) is 3.90. The zero-order valence-electron chi connectivity index (χ0n) is 16.3. The molecule has 1 aliphatic heterocycles. The summed E-state index contributed by atoms with van der Waals surface area (Å²) in [5, 5.41) is 1.57. The van der Waals surface area contributed by atoms with Crippen LogP contribution in [0.15, 0.2) is 47.4 Å². The lowest BCUT2D eigenvalue weighted by atomic mass is 9.93. The van der Waals surface area contributed by atoms with Gasteiger partial charge in [0.05, 0.1) is 23.2 Å². The number of aromatic nitrogens is 1. The lowest BCUT2D eigenvalue weighted by Crippen LogP contribution is -2.23. The van der Waals surface area contributed by atoms with Crippen molar-refractivity contribution in [3.05, 3.63) is 58.5 Å². The van der Waals surface area contributed by atoms with Gasteiger partial charge < -0.3 is 13.9 Å². The molecule has 146 valence electrons. The highest BCUT2D eigenvalue weighted by atomic mass is 32.2. The summed E-state index contributed by atoms with van der Waals surface area (Å²) in [6.07, 6.45) is 6.50. The number of nitrogens with one attached hydrogen (secondary N) is 1. The molecule has 1 N–H and O–H groups in total. The highest BCUT2D eigenvalue weighted by Crippen LogP contribution is 2.42. The number of hydrogen-bond acceptors (Lipinski definition) is 4. The van der Waals surface area contributed by atoms with Crippen molar-refractivity contribution in [3.63, 3.8) is 0 Å². The third-order valence-electron chi connectivity index (χ3n) is 5.28. The fraction of sp³-hybridized carbons (Fsp3) is 0.318. The van der Waals surface area contributed by atoms with Crippen LogP contribution < -0.4 is 15.0 Å².